The zero-order valence-electron chi connectivity index (χ0n) is 20.7. The van der Waals surface area contributed by atoms with Gasteiger partial charge in [0.25, 0.3) is 17.5 Å². The molecule has 2 amide bonds. The van der Waals surface area contributed by atoms with Crippen LogP contribution in [0, 0.1) is 0 Å². The third kappa shape index (κ3) is 5.44. The topological polar surface area (TPSA) is 92.9 Å². The lowest BCUT2D eigenvalue weighted by atomic mass is 9.96. The van der Waals surface area contributed by atoms with E-state index in [2.05, 4.69) is 6.92 Å². The van der Waals surface area contributed by atoms with Crippen molar-refractivity contribution >= 4 is 11.8 Å². The van der Waals surface area contributed by atoms with Crippen LogP contribution in [0.2, 0.25) is 0 Å². The minimum Gasteiger partial charge on any atom is -0.493 e. The van der Waals surface area contributed by atoms with E-state index in [9.17, 15) is 14.7 Å². The van der Waals surface area contributed by atoms with E-state index in [1.807, 2.05) is 42.5 Å². The molecule has 6 nitrogen and oxygen atoms in total. The van der Waals surface area contributed by atoms with Crippen LogP contribution in [0.1, 0.15) is 61.4 Å². The SMILES string of the molecule is CCCCCCOc1ccccc1C(O)(C(N)=O)N(C(=O)c1ccc(-c2ccccc2)cc1)C1CC1. The minimum absolute atomic E-state index is 0.189. The summed E-state index contributed by atoms with van der Waals surface area (Å²) in [6.07, 6.45) is 5.49. The molecule has 1 unspecified atom stereocenters. The highest BCUT2D eigenvalue weighted by atomic mass is 16.5. The number of para-hydroxylation sites is 1. The number of aliphatic hydroxyl groups is 1. The number of nitrogens with two attached hydrogens (primary N) is 1. The van der Waals surface area contributed by atoms with Gasteiger partial charge in [0.1, 0.15) is 5.75 Å². The van der Waals surface area contributed by atoms with Crippen molar-refractivity contribution in [2.45, 2.75) is 57.2 Å². The highest BCUT2D eigenvalue weighted by molar-refractivity contribution is 5.99. The van der Waals surface area contributed by atoms with Gasteiger partial charge in [0.2, 0.25) is 0 Å². The summed E-state index contributed by atoms with van der Waals surface area (Å²) in [4.78, 5) is 27.9. The quantitative estimate of drug-likeness (QED) is 0.270. The minimum atomic E-state index is -2.34. The van der Waals surface area contributed by atoms with Gasteiger partial charge in [-0.05, 0) is 54.7 Å². The normalized spacial score (nSPS) is 14.6. The number of hydrogen-bond donors (Lipinski definition) is 2. The van der Waals surface area contributed by atoms with Crippen LogP contribution in [-0.2, 0) is 10.5 Å². The van der Waals surface area contributed by atoms with Gasteiger partial charge in [-0.2, -0.15) is 0 Å². The summed E-state index contributed by atoms with van der Waals surface area (Å²) in [6, 6.07) is 23.5. The Morgan fingerprint density at radius 2 is 1.56 bits per heavy atom. The van der Waals surface area contributed by atoms with E-state index in [4.69, 9.17) is 10.5 Å². The fourth-order valence-corrected chi connectivity index (χ4v) is 4.46. The molecule has 3 aromatic carbocycles. The second-order valence-corrected chi connectivity index (χ2v) is 9.29. The first-order valence-corrected chi connectivity index (χ1v) is 12.7. The van der Waals surface area contributed by atoms with E-state index in [1.54, 1.807) is 36.4 Å². The van der Waals surface area contributed by atoms with Crippen LogP contribution in [0.25, 0.3) is 11.1 Å². The Labute approximate surface area is 212 Å². The maximum Gasteiger partial charge on any atom is 0.276 e. The van der Waals surface area contributed by atoms with Crippen molar-refractivity contribution in [3.8, 4) is 16.9 Å². The number of benzene rings is 3. The molecule has 0 bridgehead atoms. The highest BCUT2D eigenvalue weighted by Gasteiger charge is 2.52. The number of hydrogen-bond acceptors (Lipinski definition) is 4. The number of carbonyl (C=O) groups excluding carboxylic acids is 2. The van der Waals surface area contributed by atoms with Crippen molar-refractivity contribution in [2.75, 3.05) is 6.61 Å². The van der Waals surface area contributed by atoms with Crippen molar-refractivity contribution in [3.05, 3.63) is 90.0 Å². The van der Waals surface area contributed by atoms with Gasteiger partial charge >= 0.3 is 0 Å². The number of rotatable bonds is 12. The van der Waals surface area contributed by atoms with E-state index in [-0.39, 0.29) is 11.6 Å². The summed E-state index contributed by atoms with van der Waals surface area (Å²) >= 11 is 0. The first-order valence-electron chi connectivity index (χ1n) is 12.7. The maximum absolute atomic E-state index is 13.8. The third-order valence-corrected chi connectivity index (χ3v) is 6.58. The number of ether oxygens (including phenoxy) is 1. The molecule has 1 aliphatic carbocycles. The molecule has 3 aromatic rings. The smallest absolute Gasteiger partial charge is 0.276 e. The van der Waals surface area contributed by atoms with Crippen molar-refractivity contribution in [3.63, 3.8) is 0 Å². The molecule has 188 valence electrons. The number of unbranched alkanes of at least 4 members (excludes halogenated alkanes) is 3. The van der Waals surface area contributed by atoms with Gasteiger partial charge in [-0.25, -0.2) is 0 Å². The van der Waals surface area contributed by atoms with Crippen molar-refractivity contribution in [1.29, 1.82) is 0 Å². The van der Waals surface area contributed by atoms with E-state index >= 15 is 0 Å². The van der Waals surface area contributed by atoms with E-state index < -0.39 is 17.5 Å². The fraction of sp³-hybridized carbons (Fsp3) is 0.333. The van der Waals surface area contributed by atoms with Crippen molar-refractivity contribution in [1.82, 2.24) is 4.90 Å². The van der Waals surface area contributed by atoms with Crippen LogP contribution in [0.5, 0.6) is 5.75 Å². The Kier molecular flexibility index (Phi) is 8.06. The summed E-state index contributed by atoms with van der Waals surface area (Å²) in [5, 5.41) is 11.9. The van der Waals surface area contributed by atoms with Crippen LogP contribution >= 0.6 is 0 Å². The highest BCUT2D eigenvalue weighted by Crippen LogP contribution is 2.41. The molecule has 1 fully saturated rings. The molecule has 0 aromatic heterocycles. The van der Waals surface area contributed by atoms with Crippen molar-refractivity contribution < 1.29 is 19.4 Å². The predicted octanol–water partition coefficient (Wildman–Crippen LogP) is 5.25. The molecule has 1 aliphatic rings. The van der Waals surface area contributed by atoms with Crippen LogP contribution in [-0.4, -0.2) is 34.5 Å². The predicted molar refractivity (Wildman–Crippen MR) is 140 cm³/mol. The van der Waals surface area contributed by atoms with Gasteiger partial charge in [-0.1, -0.05) is 80.8 Å². The number of carbonyl (C=O) groups is 2. The Bertz CT molecular complexity index is 1180. The third-order valence-electron chi connectivity index (χ3n) is 6.58. The molecule has 3 N–H and O–H groups in total. The lowest BCUT2D eigenvalue weighted by Crippen LogP contribution is -2.58. The lowest BCUT2D eigenvalue weighted by molar-refractivity contribution is -0.158. The van der Waals surface area contributed by atoms with Gasteiger partial charge in [-0.15, -0.1) is 0 Å². The van der Waals surface area contributed by atoms with Gasteiger partial charge in [0, 0.05) is 11.6 Å². The molecule has 6 heteroatoms. The first-order chi connectivity index (χ1) is 17.5. The second kappa shape index (κ2) is 11.4. The van der Waals surface area contributed by atoms with Gasteiger partial charge in [-0.3, -0.25) is 14.5 Å². The molecule has 0 heterocycles. The van der Waals surface area contributed by atoms with Gasteiger partial charge < -0.3 is 15.6 Å². The van der Waals surface area contributed by atoms with Crippen LogP contribution in [0.4, 0.5) is 0 Å². The summed E-state index contributed by atoms with van der Waals surface area (Å²) in [6.45, 7) is 2.59. The Balaban J connectivity index is 1.64. The average molecular weight is 487 g/mol. The number of primary amides is 1. The lowest BCUT2D eigenvalue weighted by Gasteiger charge is -2.38. The Morgan fingerprint density at radius 1 is 0.917 bits per heavy atom. The largest absolute Gasteiger partial charge is 0.493 e. The first kappa shape index (κ1) is 25.5. The van der Waals surface area contributed by atoms with E-state index in [0.717, 1.165) is 36.8 Å². The second-order valence-electron chi connectivity index (χ2n) is 9.29. The Morgan fingerprint density at radius 3 is 2.19 bits per heavy atom. The number of nitrogens with zero attached hydrogens (tertiary/aromatic N) is 1. The molecule has 4 rings (SSSR count). The van der Waals surface area contributed by atoms with Crippen LogP contribution < -0.4 is 10.5 Å². The standard InChI is InChI=1S/C30H34N2O4/c1-2-3-4-10-21-36-27-14-9-8-13-26(27)30(35,29(31)34)32(25-19-20-25)28(33)24-17-15-23(16-18-24)22-11-6-5-7-12-22/h5-9,11-18,25,35H,2-4,10,19-21H2,1H3,(H2,31,34). The fourth-order valence-electron chi connectivity index (χ4n) is 4.46. The zero-order chi connectivity index (χ0) is 25.5. The molecule has 1 saturated carbocycles. The van der Waals surface area contributed by atoms with Crippen LogP contribution in [0.15, 0.2) is 78.9 Å². The number of amides is 2. The van der Waals surface area contributed by atoms with E-state index in [0.29, 0.717) is 30.8 Å². The summed E-state index contributed by atoms with van der Waals surface area (Å²) < 4.78 is 5.97. The molecular formula is C30H34N2O4. The van der Waals surface area contributed by atoms with Crippen molar-refractivity contribution in [2.24, 2.45) is 5.73 Å². The molecule has 36 heavy (non-hydrogen) atoms. The van der Waals surface area contributed by atoms with Gasteiger partial charge in [0.05, 0.1) is 12.2 Å². The average Bonchev–Trinajstić information content (AvgIpc) is 3.74. The molecular weight excluding hydrogens is 452 g/mol. The molecule has 1 atom stereocenters. The zero-order valence-corrected chi connectivity index (χ0v) is 20.7. The maximum atomic E-state index is 13.8. The van der Waals surface area contributed by atoms with E-state index in [1.165, 1.54) is 4.90 Å². The molecule has 0 radical (unpaired) electrons. The van der Waals surface area contributed by atoms with Gasteiger partial charge in [0.15, 0.2) is 0 Å². The molecule has 0 aliphatic heterocycles. The Hall–Kier alpha value is -3.64. The van der Waals surface area contributed by atoms with Crippen LogP contribution in [0.3, 0.4) is 0 Å². The summed E-state index contributed by atoms with van der Waals surface area (Å²) in [5.74, 6) is -1.10. The molecule has 0 saturated heterocycles. The molecule has 0 spiro atoms. The summed E-state index contributed by atoms with van der Waals surface area (Å²) in [7, 11) is 0. The monoisotopic (exact) mass is 486 g/mol. The summed E-state index contributed by atoms with van der Waals surface area (Å²) in [5.41, 5.74) is 6.04.